The second-order valence-corrected chi connectivity index (χ2v) is 8.39. The number of amides is 3. The lowest BCUT2D eigenvalue weighted by Gasteiger charge is -2.40. The maximum atomic E-state index is 13.1. The summed E-state index contributed by atoms with van der Waals surface area (Å²) in [5, 5.41) is 2.42. The second-order valence-electron chi connectivity index (χ2n) is 8.39. The predicted octanol–water partition coefficient (Wildman–Crippen LogP) is 2.57. The van der Waals surface area contributed by atoms with E-state index in [2.05, 4.69) is 5.32 Å². The zero-order chi connectivity index (χ0) is 22.9. The van der Waals surface area contributed by atoms with E-state index < -0.39 is 23.7 Å². The molecule has 0 radical (unpaired) electrons. The number of halogens is 3. The first-order chi connectivity index (χ1) is 14.5. The van der Waals surface area contributed by atoms with E-state index in [1.807, 2.05) is 18.7 Å². The molecule has 7 nitrogen and oxygen atoms in total. The van der Waals surface area contributed by atoms with Crippen molar-refractivity contribution in [2.24, 2.45) is 5.92 Å². The third-order valence-corrected chi connectivity index (χ3v) is 5.61. The fourth-order valence-electron chi connectivity index (χ4n) is 3.88. The Labute approximate surface area is 179 Å². The van der Waals surface area contributed by atoms with E-state index in [0.717, 1.165) is 12.1 Å². The number of hydrogen-bond donors (Lipinski definition) is 1. The molecule has 170 valence electrons. The first-order valence-electron chi connectivity index (χ1n) is 10.3. The number of nitrogens with one attached hydrogen (secondary N) is 1. The van der Waals surface area contributed by atoms with Gasteiger partial charge in [-0.2, -0.15) is 13.2 Å². The minimum atomic E-state index is -4.55. The second kappa shape index (κ2) is 8.86. The summed E-state index contributed by atoms with van der Waals surface area (Å²) < 4.78 is 39.0. The summed E-state index contributed by atoms with van der Waals surface area (Å²) in [6.45, 7) is 7.47. The molecule has 0 aromatic heterocycles. The highest BCUT2D eigenvalue weighted by molar-refractivity contribution is 6.11. The molecule has 1 atom stereocenters. The maximum absolute atomic E-state index is 13.1. The molecule has 3 amide bonds. The minimum Gasteiger partial charge on any atom is -0.340 e. The predicted molar refractivity (Wildman–Crippen MR) is 109 cm³/mol. The van der Waals surface area contributed by atoms with Crippen LogP contribution in [0.2, 0.25) is 0 Å². The lowest BCUT2D eigenvalue weighted by atomic mass is 10.1. The van der Waals surface area contributed by atoms with Crippen LogP contribution in [0.3, 0.4) is 0 Å². The molecule has 0 aliphatic carbocycles. The largest absolute Gasteiger partial charge is 0.416 e. The number of alkyl halides is 3. The van der Waals surface area contributed by atoms with Crippen molar-refractivity contribution in [2.75, 3.05) is 42.9 Å². The molecule has 1 saturated heterocycles. The van der Waals surface area contributed by atoms with Crippen LogP contribution in [-0.4, -0.2) is 66.3 Å². The summed E-state index contributed by atoms with van der Waals surface area (Å²) in [7, 11) is 0. The Hall–Kier alpha value is -2.62. The van der Waals surface area contributed by atoms with Crippen LogP contribution in [0, 0.1) is 5.92 Å². The van der Waals surface area contributed by atoms with E-state index >= 15 is 0 Å². The number of carbonyl (C=O) groups is 3. The zero-order valence-corrected chi connectivity index (χ0v) is 17.8. The van der Waals surface area contributed by atoms with Gasteiger partial charge in [0.1, 0.15) is 6.54 Å². The summed E-state index contributed by atoms with van der Waals surface area (Å²) in [4.78, 5) is 42.4. The number of benzene rings is 1. The number of carbonyl (C=O) groups excluding carboxylic acids is 3. The molecule has 1 aromatic rings. The van der Waals surface area contributed by atoms with E-state index in [1.165, 1.54) is 11.0 Å². The number of rotatable bonds is 4. The van der Waals surface area contributed by atoms with Gasteiger partial charge in [0.25, 0.3) is 0 Å². The molecular formula is C21H27F3N4O3. The van der Waals surface area contributed by atoms with Crippen LogP contribution < -0.4 is 10.2 Å². The molecule has 2 aliphatic heterocycles. The Morgan fingerprint density at radius 3 is 2.32 bits per heavy atom. The quantitative estimate of drug-likeness (QED) is 0.781. The van der Waals surface area contributed by atoms with Crippen molar-refractivity contribution in [3.8, 4) is 0 Å². The number of hydrogen-bond acceptors (Lipinski definition) is 4. The van der Waals surface area contributed by atoms with E-state index in [9.17, 15) is 27.6 Å². The highest BCUT2D eigenvalue weighted by Crippen LogP contribution is 2.37. The molecular weight excluding hydrogens is 413 g/mol. The van der Waals surface area contributed by atoms with Crippen LogP contribution in [0.5, 0.6) is 0 Å². The SMILES string of the molecule is CC(C)CC(=O)N1CCN([C@@H](C)C(=O)N2CC(=O)Nc3cc(C(F)(F)F)ccc32)CC1. The van der Waals surface area contributed by atoms with Crippen LogP contribution in [0.4, 0.5) is 24.5 Å². The van der Waals surface area contributed by atoms with Gasteiger partial charge in [-0.15, -0.1) is 0 Å². The highest BCUT2D eigenvalue weighted by atomic mass is 19.4. The van der Waals surface area contributed by atoms with Crippen LogP contribution in [0.1, 0.15) is 32.8 Å². The van der Waals surface area contributed by atoms with Crippen LogP contribution in [0.15, 0.2) is 18.2 Å². The summed E-state index contributed by atoms with van der Waals surface area (Å²) in [5.74, 6) is -0.542. The van der Waals surface area contributed by atoms with Crippen molar-refractivity contribution in [2.45, 2.75) is 39.4 Å². The lowest BCUT2D eigenvalue weighted by Crippen LogP contribution is -2.57. The van der Waals surface area contributed by atoms with Gasteiger partial charge in [-0.3, -0.25) is 24.2 Å². The van der Waals surface area contributed by atoms with Crippen molar-refractivity contribution < 1.29 is 27.6 Å². The van der Waals surface area contributed by atoms with Crippen LogP contribution >= 0.6 is 0 Å². The first-order valence-corrected chi connectivity index (χ1v) is 10.3. The number of anilines is 2. The van der Waals surface area contributed by atoms with E-state index in [-0.39, 0.29) is 35.7 Å². The average molecular weight is 440 g/mol. The van der Waals surface area contributed by atoms with E-state index in [4.69, 9.17) is 0 Å². The average Bonchev–Trinajstić information content (AvgIpc) is 2.70. The Kier molecular flexibility index (Phi) is 6.59. The van der Waals surface area contributed by atoms with Gasteiger partial charge in [-0.05, 0) is 31.0 Å². The van der Waals surface area contributed by atoms with Crippen molar-refractivity contribution in [3.05, 3.63) is 23.8 Å². The molecule has 31 heavy (non-hydrogen) atoms. The molecule has 2 aliphatic rings. The van der Waals surface area contributed by atoms with Crippen molar-refractivity contribution in [1.29, 1.82) is 0 Å². The smallest absolute Gasteiger partial charge is 0.340 e. The summed E-state index contributed by atoms with van der Waals surface area (Å²) in [6, 6.07) is 2.38. The third-order valence-electron chi connectivity index (χ3n) is 5.61. The third kappa shape index (κ3) is 5.17. The topological polar surface area (TPSA) is 73.0 Å². The molecule has 0 saturated carbocycles. The molecule has 3 rings (SSSR count). The highest BCUT2D eigenvalue weighted by Gasteiger charge is 2.36. The van der Waals surface area contributed by atoms with Gasteiger partial charge in [0.2, 0.25) is 17.7 Å². The van der Waals surface area contributed by atoms with E-state index in [0.29, 0.717) is 32.6 Å². The summed E-state index contributed by atoms with van der Waals surface area (Å²) in [5.41, 5.74) is -0.679. The Morgan fingerprint density at radius 2 is 1.74 bits per heavy atom. The molecule has 1 fully saturated rings. The summed E-state index contributed by atoms with van der Waals surface area (Å²) in [6.07, 6.45) is -4.07. The van der Waals surface area contributed by atoms with Crippen molar-refractivity contribution in [1.82, 2.24) is 9.80 Å². The van der Waals surface area contributed by atoms with Crippen molar-refractivity contribution in [3.63, 3.8) is 0 Å². The Balaban J connectivity index is 1.71. The van der Waals surface area contributed by atoms with Crippen LogP contribution in [-0.2, 0) is 20.6 Å². The fourth-order valence-corrected chi connectivity index (χ4v) is 3.88. The molecule has 0 spiro atoms. The number of nitrogens with zero attached hydrogens (tertiary/aromatic N) is 3. The molecule has 0 unspecified atom stereocenters. The Bertz CT molecular complexity index is 864. The van der Waals surface area contributed by atoms with E-state index in [1.54, 1.807) is 11.8 Å². The Morgan fingerprint density at radius 1 is 1.10 bits per heavy atom. The zero-order valence-electron chi connectivity index (χ0n) is 17.8. The monoisotopic (exact) mass is 440 g/mol. The van der Waals surface area contributed by atoms with Crippen molar-refractivity contribution >= 4 is 29.1 Å². The molecule has 1 N–H and O–H groups in total. The fraction of sp³-hybridized carbons (Fsp3) is 0.571. The molecule has 10 heteroatoms. The summed E-state index contributed by atoms with van der Waals surface area (Å²) >= 11 is 0. The van der Waals surface area contributed by atoms with Gasteiger partial charge >= 0.3 is 6.18 Å². The molecule has 2 heterocycles. The van der Waals surface area contributed by atoms with Gasteiger partial charge in [0.05, 0.1) is 23.0 Å². The minimum absolute atomic E-state index is 0.0317. The van der Waals surface area contributed by atoms with Gasteiger partial charge in [0, 0.05) is 32.6 Å². The number of fused-ring (bicyclic) bond motifs is 1. The first kappa shape index (κ1) is 23.1. The standard InChI is InChI=1S/C21H27F3N4O3/c1-13(2)10-19(30)27-8-6-26(7-9-27)14(3)20(31)28-12-18(29)25-16-11-15(21(22,23)24)4-5-17(16)28/h4-5,11,13-14H,6-10,12H2,1-3H3,(H,25,29)/t14-/m0/s1. The lowest BCUT2D eigenvalue weighted by molar-refractivity contribution is -0.137. The maximum Gasteiger partial charge on any atom is 0.416 e. The normalized spacial score (nSPS) is 18.6. The molecule has 0 bridgehead atoms. The van der Waals surface area contributed by atoms with Crippen LogP contribution in [0.25, 0.3) is 0 Å². The van der Waals surface area contributed by atoms with Gasteiger partial charge in [-0.25, -0.2) is 0 Å². The molecule has 1 aromatic carbocycles. The number of piperazine rings is 1. The van der Waals surface area contributed by atoms with Gasteiger partial charge in [0.15, 0.2) is 0 Å². The van der Waals surface area contributed by atoms with Gasteiger partial charge in [-0.1, -0.05) is 13.8 Å². The van der Waals surface area contributed by atoms with Gasteiger partial charge < -0.3 is 10.2 Å².